The Morgan fingerprint density at radius 3 is 2.79 bits per heavy atom. The van der Waals surface area contributed by atoms with Crippen molar-refractivity contribution < 1.29 is 0 Å². The molecule has 0 bridgehead atoms. The van der Waals surface area contributed by atoms with Gasteiger partial charge in [-0.1, -0.05) is 20.3 Å². The molecule has 1 fully saturated rings. The van der Waals surface area contributed by atoms with Crippen molar-refractivity contribution in [3.63, 3.8) is 0 Å². The maximum absolute atomic E-state index is 5.87. The number of nitrogens with zero attached hydrogens (tertiary/aromatic N) is 2. The molecule has 19 heavy (non-hydrogen) atoms. The summed E-state index contributed by atoms with van der Waals surface area (Å²) in [7, 11) is 0. The van der Waals surface area contributed by atoms with E-state index in [4.69, 9.17) is 5.73 Å². The van der Waals surface area contributed by atoms with Crippen molar-refractivity contribution in [2.75, 3.05) is 6.54 Å². The Labute approximate surface area is 119 Å². The van der Waals surface area contributed by atoms with Crippen molar-refractivity contribution in [3.05, 3.63) is 15.6 Å². The van der Waals surface area contributed by atoms with E-state index in [-0.39, 0.29) is 0 Å². The van der Waals surface area contributed by atoms with Crippen LogP contribution in [0.2, 0.25) is 0 Å². The van der Waals surface area contributed by atoms with E-state index in [1.165, 1.54) is 29.8 Å². The standard InChI is InChI=1S/C14H24N4S/c1-9(2)13-10(3)19-12(18-13)8-17-14(15)16-7-11-5-4-6-11/h9,11H,4-8H2,1-3H3,(H3,15,16,17). The Hall–Kier alpha value is -1.10. The van der Waals surface area contributed by atoms with Gasteiger partial charge in [0, 0.05) is 11.4 Å². The second-order valence-corrected chi connectivity index (χ2v) is 6.87. The van der Waals surface area contributed by atoms with Crippen LogP contribution >= 0.6 is 11.3 Å². The number of nitrogens with one attached hydrogen (secondary N) is 1. The van der Waals surface area contributed by atoms with Gasteiger partial charge in [0.05, 0.1) is 12.2 Å². The third kappa shape index (κ3) is 3.93. The Morgan fingerprint density at radius 2 is 2.26 bits per heavy atom. The fraction of sp³-hybridized carbons (Fsp3) is 0.714. The van der Waals surface area contributed by atoms with Crippen LogP contribution in [0.4, 0.5) is 0 Å². The lowest BCUT2D eigenvalue weighted by atomic mass is 9.85. The highest BCUT2D eigenvalue weighted by molar-refractivity contribution is 7.11. The van der Waals surface area contributed by atoms with E-state index in [0.29, 0.717) is 18.4 Å². The van der Waals surface area contributed by atoms with Crippen LogP contribution in [0.15, 0.2) is 4.99 Å². The lowest BCUT2D eigenvalue weighted by Gasteiger charge is -2.25. The Morgan fingerprint density at radius 1 is 1.53 bits per heavy atom. The first-order valence-electron chi connectivity index (χ1n) is 7.06. The van der Waals surface area contributed by atoms with Gasteiger partial charge < -0.3 is 11.1 Å². The summed E-state index contributed by atoms with van der Waals surface area (Å²) in [6.07, 6.45) is 4.01. The SMILES string of the molecule is Cc1sc(CN=C(N)NCC2CCC2)nc1C(C)C. The van der Waals surface area contributed by atoms with Crippen LogP contribution in [0, 0.1) is 12.8 Å². The van der Waals surface area contributed by atoms with Gasteiger partial charge in [-0.2, -0.15) is 0 Å². The number of guanidine groups is 1. The smallest absolute Gasteiger partial charge is 0.189 e. The van der Waals surface area contributed by atoms with E-state index < -0.39 is 0 Å². The van der Waals surface area contributed by atoms with Gasteiger partial charge in [-0.15, -0.1) is 11.3 Å². The van der Waals surface area contributed by atoms with Crippen LogP contribution in [-0.2, 0) is 6.54 Å². The first kappa shape index (κ1) is 14.3. The number of aliphatic imine (C=N–C) groups is 1. The van der Waals surface area contributed by atoms with Crippen LogP contribution in [0.1, 0.15) is 54.6 Å². The van der Waals surface area contributed by atoms with E-state index >= 15 is 0 Å². The first-order chi connectivity index (χ1) is 9.06. The molecule has 1 aliphatic carbocycles. The van der Waals surface area contributed by atoms with Gasteiger partial charge in [0.1, 0.15) is 5.01 Å². The van der Waals surface area contributed by atoms with Gasteiger partial charge in [0.15, 0.2) is 5.96 Å². The summed E-state index contributed by atoms with van der Waals surface area (Å²) in [5.41, 5.74) is 7.06. The van der Waals surface area contributed by atoms with Gasteiger partial charge in [0.2, 0.25) is 0 Å². The molecular formula is C14H24N4S. The molecule has 0 radical (unpaired) electrons. The normalized spacial score (nSPS) is 16.7. The molecule has 1 aromatic rings. The molecule has 5 heteroatoms. The van der Waals surface area contributed by atoms with Crippen molar-refractivity contribution in [1.29, 1.82) is 0 Å². The van der Waals surface area contributed by atoms with Gasteiger partial charge in [0.25, 0.3) is 0 Å². The minimum Gasteiger partial charge on any atom is -0.370 e. The fourth-order valence-corrected chi connectivity index (χ4v) is 3.24. The summed E-state index contributed by atoms with van der Waals surface area (Å²) >= 11 is 1.72. The molecule has 1 aromatic heterocycles. The molecule has 1 aliphatic rings. The van der Waals surface area contributed by atoms with Crippen molar-refractivity contribution in [2.45, 2.75) is 52.5 Å². The zero-order valence-corrected chi connectivity index (χ0v) is 12.9. The first-order valence-corrected chi connectivity index (χ1v) is 7.88. The molecule has 1 heterocycles. The second-order valence-electron chi connectivity index (χ2n) is 5.58. The summed E-state index contributed by atoms with van der Waals surface area (Å²) < 4.78 is 0. The van der Waals surface area contributed by atoms with E-state index in [9.17, 15) is 0 Å². The third-order valence-electron chi connectivity index (χ3n) is 3.60. The fourth-order valence-electron chi connectivity index (χ4n) is 2.22. The van der Waals surface area contributed by atoms with E-state index in [1.54, 1.807) is 11.3 Å². The average molecular weight is 280 g/mol. The maximum Gasteiger partial charge on any atom is 0.189 e. The Bertz CT molecular complexity index is 446. The lowest BCUT2D eigenvalue weighted by molar-refractivity contribution is 0.315. The zero-order chi connectivity index (χ0) is 13.8. The highest BCUT2D eigenvalue weighted by Crippen LogP contribution is 2.25. The predicted octanol–water partition coefficient (Wildman–Crippen LogP) is 2.78. The predicted molar refractivity (Wildman–Crippen MR) is 81.6 cm³/mol. The molecule has 1 saturated carbocycles. The number of rotatable bonds is 5. The molecule has 3 N–H and O–H groups in total. The summed E-state index contributed by atoms with van der Waals surface area (Å²) in [6.45, 7) is 8.01. The summed E-state index contributed by atoms with van der Waals surface area (Å²) in [6, 6.07) is 0. The third-order valence-corrected chi connectivity index (χ3v) is 4.58. The van der Waals surface area contributed by atoms with Crippen LogP contribution in [-0.4, -0.2) is 17.5 Å². The number of aryl methyl sites for hydroxylation is 1. The molecule has 0 amide bonds. The van der Waals surface area contributed by atoms with Crippen molar-refractivity contribution in [3.8, 4) is 0 Å². The topological polar surface area (TPSA) is 63.3 Å². The molecule has 106 valence electrons. The molecule has 4 nitrogen and oxygen atoms in total. The van der Waals surface area contributed by atoms with Crippen LogP contribution < -0.4 is 11.1 Å². The second kappa shape index (κ2) is 6.37. The molecule has 0 spiro atoms. The Kier molecular flexibility index (Phi) is 4.80. The lowest BCUT2D eigenvalue weighted by Crippen LogP contribution is -2.37. The minimum absolute atomic E-state index is 0.475. The molecule has 0 atom stereocenters. The number of hydrogen-bond acceptors (Lipinski definition) is 3. The van der Waals surface area contributed by atoms with Crippen LogP contribution in [0.25, 0.3) is 0 Å². The summed E-state index contributed by atoms with van der Waals surface area (Å²) in [4.78, 5) is 10.3. The van der Waals surface area contributed by atoms with Gasteiger partial charge in [-0.3, -0.25) is 0 Å². The number of nitrogens with two attached hydrogens (primary N) is 1. The molecular weight excluding hydrogens is 256 g/mol. The number of thiazole rings is 1. The zero-order valence-electron chi connectivity index (χ0n) is 12.1. The largest absolute Gasteiger partial charge is 0.370 e. The molecule has 0 saturated heterocycles. The highest BCUT2D eigenvalue weighted by atomic mass is 32.1. The van der Waals surface area contributed by atoms with Gasteiger partial charge in [-0.05, 0) is 31.6 Å². The monoisotopic (exact) mass is 280 g/mol. The molecule has 0 aromatic carbocycles. The number of hydrogen-bond donors (Lipinski definition) is 2. The Balaban J connectivity index is 1.84. The minimum atomic E-state index is 0.475. The van der Waals surface area contributed by atoms with Crippen molar-refractivity contribution >= 4 is 17.3 Å². The average Bonchev–Trinajstić information content (AvgIpc) is 2.66. The quantitative estimate of drug-likeness (QED) is 0.644. The summed E-state index contributed by atoms with van der Waals surface area (Å²) in [5, 5.41) is 4.25. The molecule has 0 aliphatic heterocycles. The van der Waals surface area contributed by atoms with Crippen LogP contribution in [0.3, 0.4) is 0 Å². The van der Waals surface area contributed by atoms with Gasteiger partial charge in [-0.25, -0.2) is 9.98 Å². The van der Waals surface area contributed by atoms with Gasteiger partial charge >= 0.3 is 0 Å². The summed E-state index contributed by atoms with van der Waals surface area (Å²) in [5.74, 6) is 1.82. The van der Waals surface area contributed by atoms with E-state index in [2.05, 4.69) is 36.1 Å². The molecule has 2 rings (SSSR count). The van der Waals surface area contributed by atoms with E-state index in [1.807, 2.05) is 0 Å². The van der Waals surface area contributed by atoms with Crippen LogP contribution in [0.5, 0.6) is 0 Å². The highest BCUT2D eigenvalue weighted by Gasteiger charge is 2.16. The maximum atomic E-state index is 5.87. The number of aromatic nitrogens is 1. The molecule has 0 unspecified atom stereocenters. The van der Waals surface area contributed by atoms with E-state index in [0.717, 1.165) is 17.5 Å². The van der Waals surface area contributed by atoms with Crippen molar-refractivity contribution in [1.82, 2.24) is 10.3 Å². The van der Waals surface area contributed by atoms with Crippen molar-refractivity contribution in [2.24, 2.45) is 16.6 Å².